The van der Waals surface area contributed by atoms with E-state index in [-0.39, 0.29) is 18.0 Å². The van der Waals surface area contributed by atoms with E-state index in [1.54, 1.807) is 6.34 Å². The van der Waals surface area contributed by atoms with E-state index in [0.717, 1.165) is 6.42 Å². The minimum absolute atomic E-state index is 0.185. The molecule has 11 heavy (non-hydrogen) atoms. The molecule has 0 amide bonds. The van der Waals surface area contributed by atoms with Gasteiger partial charge in [-0.2, -0.15) is 0 Å². The number of nitrogens with one attached hydrogen (secondary N) is 1. The average molecular weight is 154 g/mol. The molecule has 2 aliphatic rings. The molecule has 1 aliphatic carbocycles. The highest BCUT2D eigenvalue weighted by atomic mass is 16.4. The lowest BCUT2D eigenvalue weighted by Crippen LogP contribution is -2.26. The van der Waals surface area contributed by atoms with Crippen LogP contribution in [0.25, 0.3) is 0 Å². The zero-order valence-corrected chi connectivity index (χ0v) is 6.03. The number of aliphatic carboxylic acids is 1. The standard InChI is InChI=1S/C7H10N2O2/c10-7(11)4-1-5-6(2-4)9-3-8-5/h3-6H,1-2H2,(H,8,9)(H,10,11). The van der Waals surface area contributed by atoms with Crippen molar-refractivity contribution >= 4 is 12.3 Å². The van der Waals surface area contributed by atoms with E-state index in [2.05, 4.69) is 10.3 Å². The monoisotopic (exact) mass is 154 g/mol. The number of hydrogen-bond acceptors (Lipinski definition) is 3. The zero-order chi connectivity index (χ0) is 7.84. The molecule has 4 heteroatoms. The summed E-state index contributed by atoms with van der Waals surface area (Å²) >= 11 is 0. The molecule has 0 aromatic heterocycles. The molecular formula is C7H10N2O2. The molecule has 0 bridgehead atoms. The molecule has 60 valence electrons. The molecule has 1 saturated carbocycles. The second kappa shape index (κ2) is 2.22. The molecule has 0 radical (unpaired) electrons. The highest BCUT2D eigenvalue weighted by Crippen LogP contribution is 2.30. The van der Waals surface area contributed by atoms with Gasteiger partial charge in [0.05, 0.1) is 24.3 Å². The van der Waals surface area contributed by atoms with Crippen molar-refractivity contribution in [1.82, 2.24) is 5.32 Å². The minimum atomic E-state index is -0.684. The van der Waals surface area contributed by atoms with Gasteiger partial charge in [0.1, 0.15) is 0 Å². The molecule has 0 aromatic rings. The predicted molar refractivity (Wildman–Crippen MR) is 39.6 cm³/mol. The third-order valence-electron chi connectivity index (χ3n) is 2.43. The maximum absolute atomic E-state index is 10.6. The van der Waals surface area contributed by atoms with Crippen LogP contribution >= 0.6 is 0 Å². The third-order valence-corrected chi connectivity index (χ3v) is 2.43. The van der Waals surface area contributed by atoms with Crippen molar-refractivity contribution in [2.24, 2.45) is 10.9 Å². The number of hydrogen-bond donors (Lipinski definition) is 2. The van der Waals surface area contributed by atoms with Gasteiger partial charge in [0, 0.05) is 0 Å². The van der Waals surface area contributed by atoms with Crippen LogP contribution in [0.1, 0.15) is 12.8 Å². The van der Waals surface area contributed by atoms with E-state index in [1.807, 2.05) is 0 Å². The molecule has 2 rings (SSSR count). The molecule has 0 saturated heterocycles. The highest BCUT2D eigenvalue weighted by molar-refractivity contribution is 5.71. The van der Waals surface area contributed by atoms with Crippen LogP contribution in [-0.2, 0) is 4.79 Å². The lowest BCUT2D eigenvalue weighted by molar-refractivity contribution is -0.141. The van der Waals surface area contributed by atoms with Crippen molar-refractivity contribution in [2.75, 3.05) is 0 Å². The summed E-state index contributed by atoms with van der Waals surface area (Å²) in [7, 11) is 0. The van der Waals surface area contributed by atoms with E-state index in [9.17, 15) is 4.79 Å². The largest absolute Gasteiger partial charge is 0.481 e. The summed E-state index contributed by atoms with van der Waals surface area (Å²) in [5, 5.41) is 11.7. The van der Waals surface area contributed by atoms with Gasteiger partial charge < -0.3 is 10.4 Å². The Labute approximate surface area is 64.3 Å². The van der Waals surface area contributed by atoms with Crippen molar-refractivity contribution in [3.63, 3.8) is 0 Å². The van der Waals surface area contributed by atoms with Gasteiger partial charge in [-0.05, 0) is 12.8 Å². The number of rotatable bonds is 1. The van der Waals surface area contributed by atoms with Gasteiger partial charge in [-0.1, -0.05) is 0 Å². The Morgan fingerprint density at radius 1 is 1.64 bits per heavy atom. The SMILES string of the molecule is O=C(O)C1CC2N=CNC2C1. The van der Waals surface area contributed by atoms with E-state index >= 15 is 0 Å². The summed E-state index contributed by atoms with van der Waals surface area (Å²) < 4.78 is 0. The van der Waals surface area contributed by atoms with Crippen molar-refractivity contribution in [3.8, 4) is 0 Å². The number of fused-ring (bicyclic) bond motifs is 1. The molecular weight excluding hydrogens is 144 g/mol. The number of carboxylic acid groups (broad SMARTS) is 1. The van der Waals surface area contributed by atoms with Crippen LogP contribution in [0.2, 0.25) is 0 Å². The van der Waals surface area contributed by atoms with Crippen LogP contribution in [0.15, 0.2) is 4.99 Å². The van der Waals surface area contributed by atoms with Crippen molar-refractivity contribution in [2.45, 2.75) is 24.9 Å². The molecule has 1 fully saturated rings. The Balaban J connectivity index is 2.04. The fourth-order valence-corrected chi connectivity index (χ4v) is 1.80. The number of aliphatic imine (C=N–C) groups is 1. The Morgan fingerprint density at radius 2 is 2.45 bits per heavy atom. The first-order valence-corrected chi connectivity index (χ1v) is 3.78. The van der Waals surface area contributed by atoms with E-state index in [4.69, 9.17) is 5.11 Å². The molecule has 0 aromatic carbocycles. The molecule has 0 spiro atoms. The van der Waals surface area contributed by atoms with Crippen LogP contribution in [0.5, 0.6) is 0 Å². The first-order chi connectivity index (χ1) is 5.27. The van der Waals surface area contributed by atoms with Gasteiger partial charge in [0.15, 0.2) is 0 Å². The van der Waals surface area contributed by atoms with Gasteiger partial charge in [-0.25, -0.2) is 0 Å². The van der Waals surface area contributed by atoms with Crippen molar-refractivity contribution < 1.29 is 9.90 Å². The predicted octanol–water partition coefficient (Wildman–Crippen LogP) is -0.150. The summed E-state index contributed by atoms with van der Waals surface area (Å²) in [6.45, 7) is 0. The fraction of sp³-hybridized carbons (Fsp3) is 0.714. The summed E-state index contributed by atoms with van der Waals surface area (Å²) in [6.07, 6.45) is 3.11. The Hall–Kier alpha value is -1.06. The Morgan fingerprint density at radius 3 is 3.09 bits per heavy atom. The topological polar surface area (TPSA) is 61.7 Å². The third kappa shape index (κ3) is 0.982. The highest BCUT2D eigenvalue weighted by Gasteiger charge is 2.39. The lowest BCUT2D eigenvalue weighted by atomic mass is 10.1. The van der Waals surface area contributed by atoms with Crippen molar-refractivity contribution in [3.05, 3.63) is 0 Å². The van der Waals surface area contributed by atoms with Crippen LogP contribution in [-0.4, -0.2) is 29.5 Å². The zero-order valence-electron chi connectivity index (χ0n) is 6.03. The van der Waals surface area contributed by atoms with Gasteiger partial charge in [-0.15, -0.1) is 0 Å². The lowest BCUT2D eigenvalue weighted by Gasteiger charge is -2.05. The minimum Gasteiger partial charge on any atom is -0.481 e. The fourth-order valence-electron chi connectivity index (χ4n) is 1.80. The molecule has 1 heterocycles. The van der Waals surface area contributed by atoms with Crippen molar-refractivity contribution in [1.29, 1.82) is 0 Å². The van der Waals surface area contributed by atoms with Gasteiger partial charge in [0.25, 0.3) is 0 Å². The summed E-state index contributed by atoms with van der Waals surface area (Å²) in [6, 6.07) is 0.507. The average Bonchev–Trinajstić information content (AvgIpc) is 2.40. The quantitative estimate of drug-likeness (QED) is 0.552. The first kappa shape index (κ1) is 6.64. The number of carbonyl (C=O) groups is 1. The van der Waals surface area contributed by atoms with E-state index < -0.39 is 5.97 Å². The van der Waals surface area contributed by atoms with E-state index in [0.29, 0.717) is 6.42 Å². The van der Waals surface area contributed by atoms with E-state index in [1.165, 1.54) is 0 Å². The molecule has 3 atom stereocenters. The number of nitrogens with zero attached hydrogens (tertiary/aromatic N) is 1. The molecule has 1 aliphatic heterocycles. The normalized spacial score (nSPS) is 40.2. The maximum atomic E-state index is 10.6. The van der Waals surface area contributed by atoms with Crippen LogP contribution in [0.3, 0.4) is 0 Å². The molecule has 3 unspecified atom stereocenters. The van der Waals surface area contributed by atoms with Gasteiger partial charge >= 0.3 is 5.97 Å². The first-order valence-electron chi connectivity index (χ1n) is 3.78. The Kier molecular flexibility index (Phi) is 1.34. The second-order valence-electron chi connectivity index (χ2n) is 3.13. The van der Waals surface area contributed by atoms with Crippen LogP contribution < -0.4 is 5.32 Å². The summed E-state index contributed by atoms with van der Waals surface area (Å²) in [5.74, 6) is -0.869. The van der Waals surface area contributed by atoms with Crippen LogP contribution in [0.4, 0.5) is 0 Å². The summed E-state index contributed by atoms with van der Waals surface area (Å²) in [5.41, 5.74) is 0. The van der Waals surface area contributed by atoms with Crippen LogP contribution in [0, 0.1) is 5.92 Å². The van der Waals surface area contributed by atoms with Gasteiger partial charge in [0.2, 0.25) is 0 Å². The number of carboxylic acids is 1. The maximum Gasteiger partial charge on any atom is 0.306 e. The van der Waals surface area contributed by atoms with Gasteiger partial charge in [-0.3, -0.25) is 9.79 Å². The second-order valence-corrected chi connectivity index (χ2v) is 3.13. The summed E-state index contributed by atoms with van der Waals surface area (Å²) in [4.78, 5) is 14.7. The Bertz CT molecular complexity index is 214. The molecule has 2 N–H and O–H groups in total. The molecule has 4 nitrogen and oxygen atoms in total. The smallest absolute Gasteiger partial charge is 0.306 e.